The topological polar surface area (TPSA) is 60.4 Å². The van der Waals surface area contributed by atoms with Gasteiger partial charge >= 0.3 is 5.97 Å². The number of halogens is 3. The third kappa shape index (κ3) is 3.58. The summed E-state index contributed by atoms with van der Waals surface area (Å²) in [4.78, 5) is 11.7. The molecule has 0 saturated heterocycles. The predicted octanol–water partition coefficient (Wildman–Crippen LogP) is 4.02. The van der Waals surface area contributed by atoms with Gasteiger partial charge in [-0.15, -0.1) is 0 Å². The molecule has 0 atom stereocenters. The van der Waals surface area contributed by atoms with Crippen molar-refractivity contribution in [3.05, 3.63) is 27.7 Å². The van der Waals surface area contributed by atoms with Crippen LogP contribution < -0.4 is 0 Å². The number of rotatable bonds is 3. The fourth-order valence-corrected chi connectivity index (χ4v) is 3.96. The van der Waals surface area contributed by atoms with Crippen molar-refractivity contribution in [3.8, 4) is 0 Å². The maximum atomic E-state index is 12.0. The fourth-order valence-electron chi connectivity index (χ4n) is 2.11. The molecular weight excluding hydrogens is 347 g/mol. The molecule has 0 amide bonds. The molecule has 0 aliphatic heterocycles. The molecule has 0 radical (unpaired) electrons. The van der Waals surface area contributed by atoms with Gasteiger partial charge in [0.25, 0.3) is 9.05 Å². The molecule has 110 valence electrons. The van der Waals surface area contributed by atoms with Crippen molar-refractivity contribution in [3.63, 3.8) is 0 Å². The molecule has 20 heavy (non-hydrogen) atoms. The van der Waals surface area contributed by atoms with Crippen molar-refractivity contribution in [1.82, 2.24) is 0 Å². The van der Waals surface area contributed by atoms with Crippen LogP contribution in [0.4, 0.5) is 0 Å². The molecule has 0 bridgehead atoms. The Hall–Kier alpha value is -0.490. The minimum atomic E-state index is -4.09. The van der Waals surface area contributed by atoms with Crippen LogP contribution in [0, 0.1) is 0 Å². The van der Waals surface area contributed by atoms with Gasteiger partial charge in [-0.25, -0.2) is 13.2 Å². The molecule has 1 aromatic carbocycles. The summed E-state index contributed by atoms with van der Waals surface area (Å²) in [6.45, 7) is 0. The third-order valence-corrected chi connectivity index (χ3v) is 5.15. The smallest absolute Gasteiger partial charge is 0.340 e. The van der Waals surface area contributed by atoms with Crippen LogP contribution in [0.5, 0.6) is 0 Å². The number of hydrogen-bond acceptors (Lipinski definition) is 4. The molecular formula is C12H11Cl3O4S. The molecule has 0 heterocycles. The Morgan fingerprint density at radius 3 is 2.35 bits per heavy atom. The first-order valence-electron chi connectivity index (χ1n) is 5.93. The third-order valence-electron chi connectivity index (χ3n) is 3.06. The molecule has 0 spiro atoms. The van der Waals surface area contributed by atoms with E-state index in [1.165, 1.54) is 6.07 Å². The molecule has 0 aromatic heterocycles. The van der Waals surface area contributed by atoms with Crippen LogP contribution in [0.2, 0.25) is 10.0 Å². The normalized spacial score (nSPS) is 16.4. The standard InChI is InChI=1S/C12H11Cl3O4S/c13-7-5-9(11(14)10(6-7)20(15,17)18)12(16)19-8-3-1-2-4-8/h5-6,8H,1-4H2. The summed E-state index contributed by atoms with van der Waals surface area (Å²) >= 11 is 11.7. The molecule has 1 aliphatic carbocycles. The second-order valence-electron chi connectivity index (χ2n) is 4.52. The van der Waals surface area contributed by atoms with Crippen LogP contribution in [-0.2, 0) is 13.8 Å². The molecule has 2 rings (SSSR count). The number of esters is 1. The molecule has 4 nitrogen and oxygen atoms in total. The summed E-state index contributed by atoms with van der Waals surface area (Å²) in [5.41, 5.74) is -0.0923. The van der Waals surface area contributed by atoms with Crippen molar-refractivity contribution >= 4 is 48.9 Å². The van der Waals surface area contributed by atoms with Gasteiger partial charge < -0.3 is 4.74 Å². The van der Waals surface area contributed by atoms with E-state index >= 15 is 0 Å². The SMILES string of the molecule is O=C(OC1CCCC1)c1cc(Cl)cc(S(=O)(=O)Cl)c1Cl. The zero-order valence-corrected chi connectivity index (χ0v) is 13.3. The monoisotopic (exact) mass is 356 g/mol. The lowest BCUT2D eigenvalue weighted by molar-refractivity contribution is 0.0318. The van der Waals surface area contributed by atoms with Crippen molar-refractivity contribution in [2.75, 3.05) is 0 Å². The number of ether oxygens (including phenoxy) is 1. The average molecular weight is 358 g/mol. The van der Waals surface area contributed by atoms with E-state index in [1.54, 1.807) is 0 Å². The summed E-state index contributed by atoms with van der Waals surface area (Å²) in [5, 5.41) is -0.223. The van der Waals surface area contributed by atoms with Crippen LogP contribution in [0.3, 0.4) is 0 Å². The first-order valence-corrected chi connectivity index (χ1v) is 9.00. The quantitative estimate of drug-likeness (QED) is 0.605. The highest BCUT2D eigenvalue weighted by Crippen LogP contribution is 2.33. The lowest BCUT2D eigenvalue weighted by atomic mass is 10.2. The summed E-state index contributed by atoms with van der Waals surface area (Å²) in [6.07, 6.45) is 3.44. The number of benzene rings is 1. The second-order valence-corrected chi connectivity index (χ2v) is 7.86. The maximum Gasteiger partial charge on any atom is 0.340 e. The van der Waals surface area contributed by atoms with Crippen LogP contribution in [0.25, 0.3) is 0 Å². The highest BCUT2D eigenvalue weighted by molar-refractivity contribution is 8.13. The van der Waals surface area contributed by atoms with E-state index in [0.29, 0.717) is 0 Å². The minimum Gasteiger partial charge on any atom is -0.459 e. The number of carbonyl (C=O) groups excluding carboxylic acids is 1. The summed E-state index contributed by atoms with van der Waals surface area (Å²) in [7, 11) is 1.17. The summed E-state index contributed by atoms with van der Waals surface area (Å²) < 4.78 is 28.1. The zero-order valence-electron chi connectivity index (χ0n) is 10.2. The van der Waals surface area contributed by atoms with Crippen molar-refractivity contribution < 1.29 is 17.9 Å². The Labute approximate surface area is 131 Å². The molecule has 1 fully saturated rings. The van der Waals surface area contributed by atoms with E-state index in [0.717, 1.165) is 31.7 Å². The Balaban J connectivity index is 2.36. The Morgan fingerprint density at radius 1 is 1.20 bits per heavy atom. The van der Waals surface area contributed by atoms with Crippen LogP contribution in [-0.4, -0.2) is 20.5 Å². The fraction of sp³-hybridized carbons (Fsp3) is 0.417. The van der Waals surface area contributed by atoms with Gasteiger partial charge in [0.05, 0.1) is 10.6 Å². The van der Waals surface area contributed by atoms with E-state index in [9.17, 15) is 13.2 Å². The lowest BCUT2D eigenvalue weighted by Gasteiger charge is -2.13. The van der Waals surface area contributed by atoms with E-state index < -0.39 is 19.9 Å². The second kappa shape index (κ2) is 6.10. The van der Waals surface area contributed by atoms with Crippen molar-refractivity contribution in [1.29, 1.82) is 0 Å². The van der Waals surface area contributed by atoms with Gasteiger partial charge in [-0.1, -0.05) is 23.2 Å². The van der Waals surface area contributed by atoms with Gasteiger partial charge in [0.1, 0.15) is 11.0 Å². The Bertz CT molecular complexity index is 636. The first kappa shape index (κ1) is 15.9. The highest BCUT2D eigenvalue weighted by Gasteiger charge is 2.26. The maximum absolute atomic E-state index is 12.0. The zero-order chi connectivity index (χ0) is 14.9. The van der Waals surface area contributed by atoms with Gasteiger partial charge in [-0.3, -0.25) is 0 Å². The largest absolute Gasteiger partial charge is 0.459 e. The Kier molecular flexibility index (Phi) is 4.84. The summed E-state index contributed by atoms with van der Waals surface area (Å²) in [5.74, 6) is -0.689. The highest BCUT2D eigenvalue weighted by atomic mass is 35.7. The van der Waals surface area contributed by atoms with Crippen LogP contribution >= 0.6 is 33.9 Å². The number of carbonyl (C=O) groups is 1. The molecule has 1 saturated carbocycles. The van der Waals surface area contributed by atoms with Crippen molar-refractivity contribution in [2.24, 2.45) is 0 Å². The average Bonchev–Trinajstić information content (AvgIpc) is 2.83. The van der Waals surface area contributed by atoms with Gasteiger partial charge in [0, 0.05) is 15.7 Å². The lowest BCUT2D eigenvalue weighted by Crippen LogP contribution is -2.15. The molecule has 1 aliphatic rings. The van der Waals surface area contributed by atoms with Crippen molar-refractivity contribution in [2.45, 2.75) is 36.7 Å². The Morgan fingerprint density at radius 2 is 1.80 bits per heavy atom. The van der Waals surface area contributed by atoms with Gasteiger partial charge in [-0.2, -0.15) is 0 Å². The van der Waals surface area contributed by atoms with E-state index in [2.05, 4.69) is 0 Å². The van der Waals surface area contributed by atoms with E-state index in [-0.39, 0.29) is 21.7 Å². The molecule has 1 aromatic rings. The predicted molar refractivity (Wildman–Crippen MR) is 77.2 cm³/mol. The van der Waals surface area contributed by atoms with Crippen LogP contribution in [0.1, 0.15) is 36.0 Å². The van der Waals surface area contributed by atoms with E-state index in [1.807, 2.05) is 0 Å². The van der Waals surface area contributed by atoms with E-state index in [4.69, 9.17) is 38.6 Å². The first-order chi connectivity index (χ1) is 9.29. The molecule has 0 unspecified atom stereocenters. The molecule has 0 N–H and O–H groups in total. The minimum absolute atomic E-state index is 0.0481. The number of hydrogen-bond donors (Lipinski definition) is 0. The van der Waals surface area contributed by atoms with Gasteiger partial charge in [0.2, 0.25) is 0 Å². The van der Waals surface area contributed by atoms with Crippen LogP contribution in [0.15, 0.2) is 17.0 Å². The summed E-state index contributed by atoms with van der Waals surface area (Å²) in [6, 6.07) is 2.37. The molecule has 8 heteroatoms. The van der Waals surface area contributed by atoms with Gasteiger partial charge in [-0.05, 0) is 37.8 Å². The van der Waals surface area contributed by atoms with Gasteiger partial charge in [0.15, 0.2) is 0 Å².